The van der Waals surface area contributed by atoms with Gasteiger partial charge in [0.25, 0.3) is 0 Å². The summed E-state index contributed by atoms with van der Waals surface area (Å²) in [5.74, 6) is 0. The van der Waals surface area contributed by atoms with Crippen LogP contribution in [0.3, 0.4) is 0 Å². The molecule has 5 nitrogen and oxygen atoms in total. The highest BCUT2D eigenvalue weighted by Crippen LogP contribution is 2.54. The van der Waals surface area contributed by atoms with Gasteiger partial charge in [-0.1, -0.05) is 0 Å². The van der Waals surface area contributed by atoms with Crippen LogP contribution in [0.2, 0.25) is 0 Å². The molecule has 0 aromatic carbocycles. The maximum atomic E-state index is 12.2. The van der Waals surface area contributed by atoms with Crippen molar-refractivity contribution in [1.29, 1.82) is 0 Å². The van der Waals surface area contributed by atoms with Gasteiger partial charge in [-0.15, -0.1) is 0 Å². The Bertz CT molecular complexity index is 414. The van der Waals surface area contributed by atoms with Crippen LogP contribution >= 0.6 is 0 Å². The molecule has 1 aliphatic carbocycles. The van der Waals surface area contributed by atoms with Gasteiger partial charge in [-0.25, -0.2) is 4.79 Å². The van der Waals surface area contributed by atoms with E-state index in [4.69, 9.17) is 9.47 Å². The lowest BCUT2D eigenvalue weighted by Gasteiger charge is -2.51. The van der Waals surface area contributed by atoms with Crippen LogP contribution in [0.1, 0.15) is 45.4 Å². The van der Waals surface area contributed by atoms with Crippen LogP contribution in [0.25, 0.3) is 0 Å². The third-order valence-electron chi connectivity index (χ3n) is 6.31. The Hall–Kier alpha value is -0.810. The molecule has 2 atom stereocenters. The van der Waals surface area contributed by atoms with Gasteiger partial charge >= 0.3 is 6.09 Å². The number of hydrogen-bond acceptors (Lipinski definition) is 4. The highest BCUT2D eigenvalue weighted by molar-refractivity contribution is 5.69. The number of morpholine rings is 1. The quantitative estimate of drug-likeness (QED) is 0.785. The number of carbonyl (C=O) groups excluding carboxylic acids is 1. The van der Waals surface area contributed by atoms with Crippen LogP contribution in [-0.2, 0) is 9.47 Å². The summed E-state index contributed by atoms with van der Waals surface area (Å²) in [4.78, 5) is 16.9. The lowest BCUT2D eigenvalue weighted by Crippen LogP contribution is -2.63. The van der Waals surface area contributed by atoms with Gasteiger partial charge in [-0.05, 0) is 64.0 Å². The fraction of sp³-hybridized carbons (Fsp3) is 0.941. The van der Waals surface area contributed by atoms with Crippen molar-refractivity contribution < 1.29 is 14.3 Å². The van der Waals surface area contributed by atoms with Crippen LogP contribution in [0.15, 0.2) is 0 Å². The number of likely N-dealkylation sites (tertiary alicyclic amines) is 1. The molecule has 3 heterocycles. The third kappa shape index (κ3) is 2.62. The highest BCUT2D eigenvalue weighted by Gasteiger charge is 2.48. The summed E-state index contributed by atoms with van der Waals surface area (Å²) in [7, 11) is 0. The minimum atomic E-state index is -0.144. The molecule has 4 rings (SSSR count). The van der Waals surface area contributed by atoms with Crippen molar-refractivity contribution in [2.24, 2.45) is 5.41 Å². The first-order valence-corrected chi connectivity index (χ1v) is 8.98. The maximum Gasteiger partial charge on any atom is 0.410 e. The molecule has 0 aromatic heterocycles. The summed E-state index contributed by atoms with van der Waals surface area (Å²) in [5.41, 5.74) is 0.737. The van der Waals surface area contributed by atoms with Crippen LogP contribution in [0, 0.1) is 5.41 Å². The summed E-state index contributed by atoms with van der Waals surface area (Å²) in [6, 6.07) is 1.03. The first kappa shape index (κ1) is 14.8. The van der Waals surface area contributed by atoms with Crippen molar-refractivity contribution in [3.8, 4) is 0 Å². The molecule has 0 N–H and O–H groups in total. The van der Waals surface area contributed by atoms with E-state index in [1.54, 1.807) is 0 Å². The monoisotopic (exact) mass is 308 g/mol. The number of carbonyl (C=O) groups is 1. The molecule has 3 saturated heterocycles. The lowest BCUT2D eigenvalue weighted by atomic mass is 9.86. The summed E-state index contributed by atoms with van der Waals surface area (Å²) < 4.78 is 11.0. The largest absolute Gasteiger partial charge is 0.450 e. The number of fused-ring (bicyclic) bond motifs is 2. The fourth-order valence-corrected chi connectivity index (χ4v) is 4.72. The van der Waals surface area contributed by atoms with Gasteiger partial charge in [0.05, 0.1) is 31.9 Å². The Morgan fingerprint density at radius 1 is 1.09 bits per heavy atom. The minimum Gasteiger partial charge on any atom is -0.450 e. The van der Waals surface area contributed by atoms with E-state index in [9.17, 15) is 4.79 Å². The zero-order valence-corrected chi connectivity index (χ0v) is 13.6. The molecular weight excluding hydrogens is 280 g/mol. The SMILES string of the molecule is CCOC(=O)N1C2COCC1CC(N1CCC3(CC1)CC3)C2. The van der Waals surface area contributed by atoms with Crippen molar-refractivity contribution in [1.82, 2.24) is 9.80 Å². The molecule has 3 aliphatic heterocycles. The van der Waals surface area contributed by atoms with E-state index in [-0.39, 0.29) is 18.2 Å². The van der Waals surface area contributed by atoms with Crippen molar-refractivity contribution in [3.05, 3.63) is 0 Å². The molecule has 0 radical (unpaired) electrons. The van der Waals surface area contributed by atoms with Gasteiger partial charge in [-0.2, -0.15) is 0 Å². The zero-order valence-electron chi connectivity index (χ0n) is 13.6. The van der Waals surface area contributed by atoms with E-state index in [1.165, 1.54) is 38.8 Å². The normalized spacial score (nSPS) is 37.1. The molecule has 1 spiro atoms. The second-order valence-electron chi connectivity index (χ2n) is 7.61. The Balaban J connectivity index is 1.40. The predicted molar refractivity (Wildman–Crippen MR) is 82.8 cm³/mol. The van der Waals surface area contributed by atoms with Gasteiger partial charge < -0.3 is 14.4 Å². The number of ether oxygens (including phenoxy) is 2. The number of amides is 1. The van der Waals surface area contributed by atoms with E-state index in [1.807, 2.05) is 11.8 Å². The van der Waals surface area contributed by atoms with E-state index >= 15 is 0 Å². The van der Waals surface area contributed by atoms with Crippen LogP contribution in [0.5, 0.6) is 0 Å². The molecule has 124 valence electrons. The fourth-order valence-electron chi connectivity index (χ4n) is 4.72. The first-order chi connectivity index (χ1) is 10.7. The van der Waals surface area contributed by atoms with Crippen molar-refractivity contribution in [2.45, 2.75) is 63.6 Å². The summed E-state index contributed by atoms with van der Waals surface area (Å²) >= 11 is 0. The summed E-state index contributed by atoms with van der Waals surface area (Å²) in [6.07, 6.45) is 7.64. The Morgan fingerprint density at radius 2 is 1.73 bits per heavy atom. The number of piperidine rings is 2. The molecule has 2 bridgehead atoms. The molecule has 1 amide bonds. The Labute approximate surface area is 132 Å². The van der Waals surface area contributed by atoms with E-state index in [2.05, 4.69) is 4.90 Å². The van der Waals surface area contributed by atoms with Crippen molar-refractivity contribution in [3.63, 3.8) is 0 Å². The summed E-state index contributed by atoms with van der Waals surface area (Å²) in [6.45, 7) is 6.17. The van der Waals surface area contributed by atoms with Crippen LogP contribution in [-0.4, -0.2) is 66.9 Å². The third-order valence-corrected chi connectivity index (χ3v) is 6.31. The van der Waals surface area contributed by atoms with Gasteiger partial charge in [0.15, 0.2) is 0 Å². The zero-order chi connectivity index (χ0) is 15.2. The average molecular weight is 308 g/mol. The van der Waals surface area contributed by atoms with E-state index < -0.39 is 0 Å². The molecule has 2 unspecified atom stereocenters. The van der Waals surface area contributed by atoms with Crippen molar-refractivity contribution >= 4 is 6.09 Å². The van der Waals surface area contributed by atoms with Gasteiger partial charge in [0, 0.05) is 6.04 Å². The smallest absolute Gasteiger partial charge is 0.410 e. The second kappa shape index (κ2) is 5.68. The minimum absolute atomic E-state index is 0.144. The predicted octanol–water partition coefficient (Wildman–Crippen LogP) is 2.25. The molecule has 0 aromatic rings. The Morgan fingerprint density at radius 3 is 2.27 bits per heavy atom. The van der Waals surface area contributed by atoms with Gasteiger partial charge in [0.2, 0.25) is 0 Å². The number of nitrogens with zero attached hydrogens (tertiary/aromatic N) is 2. The molecule has 22 heavy (non-hydrogen) atoms. The topological polar surface area (TPSA) is 42.0 Å². The molecule has 4 aliphatic rings. The van der Waals surface area contributed by atoms with E-state index in [0.29, 0.717) is 25.9 Å². The van der Waals surface area contributed by atoms with Gasteiger partial charge in [0.1, 0.15) is 0 Å². The second-order valence-corrected chi connectivity index (χ2v) is 7.61. The highest BCUT2D eigenvalue weighted by atomic mass is 16.6. The average Bonchev–Trinajstić information content (AvgIpc) is 3.26. The molecule has 5 heteroatoms. The number of hydrogen-bond donors (Lipinski definition) is 0. The van der Waals surface area contributed by atoms with Crippen molar-refractivity contribution in [2.75, 3.05) is 32.9 Å². The first-order valence-electron chi connectivity index (χ1n) is 8.98. The standard InChI is InChI=1S/C17H28N2O3/c1-2-22-16(20)19-14-9-13(10-15(19)12-21-11-14)18-7-5-17(3-4-17)6-8-18/h13-15H,2-12H2,1H3. The summed E-state index contributed by atoms with van der Waals surface area (Å²) in [5, 5.41) is 0. The number of rotatable bonds is 2. The van der Waals surface area contributed by atoms with Gasteiger partial charge in [-0.3, -0.25) is 4.90 Å². The molecular formula is C17H28N2O3. The molecule has 4 fully saturated rings. The van der Waals surface area contributed by atoms with Crippen LogP contribution in [0.4, 0.5) is 4.79 Å². The molecule has 1 saturated carbocycles. The maximum absolute atomic E-state index is 12.2. The lowest BCUT2D eigenvalue weighted by molar-refractivity contribution is -0.0879. The Kier molecular flexibility index (Phi) is 3.81. The van der Waals surface area contributed by atoms with Crippen LogP contribution < -0.4 is 0 Å². The van der Waals surface area contributed by atoms with E-state index in [0.717, 1.165) is 18.3 Å².